The van der Waals surface area contributed by atoms with E-state index in [1.165, 1.54) is 32.1 Å². The smallest absolute Gasteiger partial charge is 0.120 e. The average Bonchev–Trinajstić information content (AvgIpc) is 2.49. The van der Waals surface area contributed by atoms with Crippen molar-refractivity contribution in [1.29, 1.82) is 0 Å². The van der Waals surface area contributed by atoms with Crippen molar-refractivity contribution < 1.29 is 9.47 Å². The lowest BCUT2D eigenvalue weighted by Gasteiger charge is -2.56. The van der Waals surface area contributed by atoms with Crippen LogP contribution in [0.4, 0.5) is 0 Å². The van der Waals surface area contributed by atoms with E-state index in [1.54, 1.807) is 7.11 Å². The van der Waals surface area contributed by atoms with E-state index in [2.05, 4.69) is 12.1 Å². The lowest BCUT2D eigenvalue weighted by Crippen LogP contribution is -2.64. The molecule has 2 aliphatic rings. The van der Waals surface area contributed by atoms with Gasteiger partial charge in [0.1, 0.15) is 11.9 Å². The van der Waals surface area contributed by atoms with E-state index in [0.29, 0.717) is 18.8 Å². The van der Waals surface area contributed by atoms with Gasteiger partial charge in [-0.3, -0.25) is 0 Å². The van der Waals surface area contributed by atoms with Crippen LogP contribution in [0, 0.1) is 5.41 Å². The molecule has 2 atom stereocenters. The molecule has 2 N–H and O–H groups in total. The van der Waals surface area contributed by atoms with Crippen molar-refractivity contribution in [2.24, 2.45) is 11.1 Å². The lowest BCUT2D eigenvalue weighted by atomic mass is 9.55. The molecule has 0 aliphatic heterocycles. The van der Waals surface area contributed by atoms with Crippen molar-refractivity contribution in [3.8, 4) is 5.75 Å². The Labute approximate surface area is 121 Å². The van der Waals surface area contributed by atoms with Crippen LogP contribution >= 0.6 is 0 Å². The third kappa shape index (κ3) is 2.45. The summed E-state index contributed by atoms with van der Waals surface area (Å²) in [7, 11) is 1.72. The summed E-state index contributed by atoms with van der Waals surface area (Å²) < 4.78 is 11.4. The predicted octanol–water partition coefficient (Wildman–Crippen LogP) is 3.26. The van der Waals surface area contributed by atoms with Crippen molar-refractivity contribution in [3.05, 3.63) is 29.8 Å². The van der Waals surface area contributed by atoms with Crippen LogP contribution in [-0.4, -0.2) is 19.3 Å². The van der Waals surface area contributed by atoms with Crippen molar-refractivity contribution in [1.82, 2.24) is 0 Å². The molecular weight excluding hydrogens is 250 g/mol. The zero-order valence-electron chi connectivity index (χ0n) is 12.3. The molecule has 2 saturated carbocycles. The summed E-state index contributed by atoms with van der Waals surface area (Å²) in [4.78, 5) is 0. The third-order valence-electron chi connectivity index (χ3n) is 5.12. The Bertz CT molecular complexity index is 454. The highest BCUT2D eigenvalue weighted by Gasteiger charge is 2.54. The number of hydrogen-bond donors (Lipinski definition) is 1. The second kappa shape index (κ2) is 5.74. The first-order valence-corrected chi connectivity index (χ1v) is 7.75. The zero-order valence-corrected chi connectivity index (χ0v) is 12.3. The maximum atomic E-state index is 6.31. The number of rotatable bonds is 4. The van der Waals surface area contributed by atoms with E-state index in [-0.39, 0.29) is 5.41 Å². The van der Waals surface area contributed by atoms with Gasteiger partial charge in [-0.25, -0.2) is 0 Å². The number of methoxy groups -OCH3 is 1. The van der Waals surface area contributed by atoms with Gasteiger partial charge in [0.15, 0.2) is 0 Å². The molecule has 3 nitrogen and oxygen atoms in total. The van der Waals surface area contributed by atoms with Gasteiger partial charge in [-0.1, -0.05) is 31.4 Å². The first-order valence-electron chi connectivity index (χ1n) is 7.75. The van der Waals surface area contributed by atoms with Crippen molar-refractivity contribution in [3.63, 3.8) is 0 Å². The summed E-state index contributed by atoms with van der Waals surface area (Å²) in [6.07, 6.45) is 7.72. The second-order valence-corrected chi connectivity index (χ2v) is 6.32. The normalized spacial score (nSPS) is 28.1. The molecule has 2 aliphatic carbocycles. The maximum absolute atomic E-state index is 6.31. The molecular formula is C17H25NO2. The highest BCUT2D eigenvalue weighted by molar-refractivity contribution is 5.29. The van der Waals surface area contributed by atoms with E-state index in [4.69, 9.17) is 15.2 Å². The Morgan fingerprint density at radius 1 is 1.25 bits per heavy atom. The second-order valence-electron chi connectivity index (χ2n) is 6.32. The number of ether oxygens (including phenoxy) is 2. The first-order chi connectivity index (χ1) is 9.74. The van der Waals surface area contributed by atoms with Crippen LogP contribution in [0.15, 0.2) is 24.3 Å². The molecule has 2 fully saturated rings. The van der Waals surface area contributed by atoms with Gasteiger partial charge in [-0.15, -0.1) is 0 Å². The van der Waals surface area contributed by atoms with Crippen LogP contribution in [0.3, 0.4) is 0 Å². The topological polar surface area (TPSA) is 44.5 Å². The fourth-order valence-electron chi connectivity index (χ4n) is 3.89. The minimum atomic E-state index is 0.246. The summed E-state index contributed by atoms with van der Waals surface area (Å²) in [5, 5.41) is 0. The van der Waals surface area contributed by atoms with Gasteiger partial charge in [0.05, 0.1) is 6.61 Å². The van der Waals surface area contributed by atoms with E-state index >= 15 is 0 Å². The standard InChI is InChI=1S/C17H25NO2/c1-19-12-13-6-5-7-14(10-13)20-16-11-15(18)17(16)8-3-2-4-9-17/h5-7,10,15-16H,2-4,8-9,11-12,18H2,1H3. The Kier molecular flexibility index (Phi) is 3.99. The molecule has 0 aromatic heterocycles. The van der Waals surface area contributed by atoms with Crippen LogP contribution in [-0.2, 0) is 11.3 Å². The molecule has 0 amide bonds. The predicted molar refractivity (Wildman–Crippen MR) is 79.7 cm³/mol. The van der Waals surface area contributed by atoms with E-state index in [9.17, 15) is 0 Å². The van der Waals surface area contributed by atoms with Crippen molar-refractivity contribution >= 4 is 0 Å². The quantitative estimate of drug-likeness (QED) is 0.917. The molecule has 3 heteroatoms. The van der Waals surface area contributed by atoms with Gasteiger partial charge in [0, 0.05) is 25.0 Å². The SMILES string of the molecule is COCc1cccc(OC2CC(N)C23CCCCC3)c1. The Balaban J connectivity index is 1.69. The van der Waals surface area contributed by atoms with Crippen LogP contribution in [0.2, 0.25) is 0 Å². The van der Waals surface area contributed by atoms with Crippen LogP contribution < -0.4 is 10.5 Å². The van der Waals surface area contributed by atoms with Crippen LogP contribution in [0.5, 0.6) is 5.75 Å². The molecule has 1 aromatic rings. The minimum absolute atomic E-state index is 0.246. The summed E-state index contributed by atoms with van der Waals surface area (Å²) in [6, 6.07) is 8.56. The maximum Gasteiger partial charge on any atom is 0.120 e. The molecule has 1 aromatic carbocycles. The highest BCUT2D eigenvalue weighted by Crippen LogP contribution is 2.52. The first kappa shape index (κ1) is 13.9. The molecule has 2 unspecified atom stereocenters. The molecule has 1 spiro atoms. The van der Waals surface area contributed by atoms with Crippen LogP contribution in [0.1, 0.15) is 44.1 Å². The average molecular weight is 275 g/mol. The fourth-order valence-corrected chi connectivity index (χ4v) is 3.89. The van der Waals surface area contributed by atoms with Gasteiger partial charge < -0.3 is 15.2 Å². The molecule has 0 heterocycles. The summed E-state index contributed by atoms with van der Waals surface area (Å²) in [5.74, 6) is 0.960. The monoisotopic (exact) mass is 275 g/mol. The molecule has 0 radical (unpaired) electrons. The summed E-state index contributed by atoms with van der Waals surface area (Å²) in [6.45, 7) is 0.631. The molecule has 20 heavy (non-hydrogen) atoms. The molecule has 0 saturated heterocycles. The highest BCUT2D eigenvalue weighted by atomic mass is 16.5. The van der Waals surface area contributed by atoms with E-state index < -0.39 is 0 Å². The van der Waals surface area contributed by atoms with E-state index in [0.717, 1.165) is 17.7 Å². The van der Waals surface area contributed by atoms with Gasteiger partial charge >= 0.3 is 0 Å². The Morgan fingerprint density at radius 3 is 2.75 bits per heavy atom. The van der Waals surface area contributed by atoms with Crippen LogP contribution in [0.25, 0.3) is 0 Å². The largest absolute Gasteiger partial charge is 0.490 e. The number of hydrogen-bond acceptors (Lipinski definition) is 3. The molecule has 110 valence electrons. The fraction of sp³-hybridized carbons (Fsp3) is 0.647. The summed E-state index contributed by atoms with van der Waals surface area (Å²) in [5.41, 5.74) is 7.71. The zero-order chi connectivity index (χ0) is 14.0. The van der Waals surface area contributed by atoms with Crippen molar-refractivity contribution in [2.75, 3.05) is 7.11 Å². The van der Waals surface area contributed by atoms with Gasteiger partial charge in [-0.2, -0.15) is 0 Å². The molecule has 0 bridgehead atoms. The minimum Gasteiger partial charge on any atom is -0.490 e. The number of benzene rings is 1. The summed E-state index contributed by atoms with van der Waals surface area (Å²) >= 11 is 0. The van der Waals surface area contributed by atoms with Gasteiger partial charge in [0.2, 0.25) is 0 Å². The third-order valence-corrected chi connectivity index (χ3v) is 5.12. The molecule has 3 rings (SSSR count). The van der Waals surface area contributed by atoms with Crippen molar-refractivity contribution in [2.45, 2.75) is 57.3 Å². The van der Waals surface area contributed by atoms with E-state index in [1.807, 2.05) is 12.1 Å². The lowest BCUT2D eigenvalue weighted by molar-refractivity contribution is -0.0898. The Hall–Kier alpha value is -1.06. The van der Waals surface area contributed by atoms with Gasteiger partial charge in [-0.05, 0) is 30.5 Å². The van der Waals surface area contributed by atoms with Gasteiger partial charge in [0.25, 0.3) is 0 Å². The number of nitrogens with two attached hydrogens (primary N) is 1. The Morgan fingerprint density at radius 2 is 2.05 bits per heavy atom.